The average Bonchev–Trinajstić information content (AvgIpc) is 2.19. The molecule has 0 heterocycles. The van der Waals surface area contributed by atoms with Gasteiger partial charge in [0.25, 0.3) is 12.3 Å². The summed E-state index contributed by atoms with van der Waals surface area (Å²) in [7, 11) is 0. The SMILES string of the molecule is Cc1ccc(OSOC(=O)C(F)(F)F)cc1. The number of benzene rings is 1. The number of hydrogen-bond donors (Lipinski definition) is 0. The van der Waals surface area contributed by atoms with Crippen LogP contribution in [0.25, 0.3) is 0 Å². The van der Waals surface area contributed by atoms with Crippen LogP contribution in [0.5, 0.6) is 5.75 Å². The molecule has 0 bridgehead atoms. The summed E-state index contributed by atoms with van der Waals surface area (Å²) in [6.45, 7) is 1.85. The van der Waals surface area contributed by atoms with Gasteiger partial charge in [-0.05, 0) is 19.1 Å². The summed E-state index contributed by atoms with van der Waals surface area (Å²) in [6.07, 6.45) is -5.01. The van der Waals surface area contributed by atoms with Crippen molar-refractivity contribution in [1.29, 1.82) is 0 Å². The van der Waals surface area contributed by atoms with Crippen LogP contribution in [0.1, 0.15) is 5.56 Å². The Hall–Kier alpha value is -1.37. The van der Waals surface area contributed by atoms with Crippen molar-refractivity contribution >= 4 is 18.3 Å². The van der Waals surface area contributed by atoms with Gasteiger partial charge in [-0.25, -0.2) is 4.79 Å². The highest BCUT2D eigenvalue weighted by molar-refractivity contribution is 7.90. The van der Waals surface area contributed by atoms with Crippen LogP contribution in [0.15, 0.2) is 24.3 Å². The molecule has 88 valence electrons. The first-order valence-corrected chi connectivity index (χ1v) is 4.75. The van der Waals surface area contributed by atoms with Crippen molar-refractivity contribution in [3.63, 3.8) is 0 Å². The summed E-state index contributed by atoms with van der Waals surface area (Å²) in [5.74, 6) is -2.00. The first-order chi connectivity index (χ1) is 7.39. The molecule has 1 rings (SSSR count). The van der Waals surface area contributed by atoms with E-state index >= 15 is 0 Å². The van der Waals surface area contributed by atoms with Crippen LogP contribution in [0.2, 0.25) is 0 Å². The number of aryl methyl sites for hydroxylation is 1. The van der Waals surface area contributed by atoms with Gasteiger partial charge in [-0.1, -0.05) is 17.7 Å². The molecular formula is C9H7F3O3S. The maximum Gasteiger partial charge on any atom is 0.492 e. The number of carbonyl (C=O) groups excluding carboxylic acids is 1. The Morgan fingerprint density at radius 1 is 1.25 bits per heavy atom. The maximum absolute atomic E-state index is 11.7. The second-order valence-corrected chi connectivity index (χ2v) is 3.30. The lowest BCUT2D eigenvalue weighted by atomic mass is 10.2. The molecular weight excluding hydrogens is 245 g/mol. The van der Waals surface area contributed by atoms with E-state index in [9.17, 15) is 18.0 Å². The van der Waals surface area contributed by atoms with E-state index in [2.05, 4.69) is 4.18 Å². The summed E-state index contributed by atoms with van der Waals surface area (Å²) < 4.78 is 43.5. The first-order valence-electron chi connectivity index (χ1n) is 4.08. The van der Waals surface area contributed by atoms with E-state index in [0.29, 0.717) is 5.75 Å². The molecule has 0 amide bonds. The molecule has 1 aromatic carbocycles. The van der Waals surface area contributed by atoms with Gasteiger partial charge in [0.05, 0.1) is 0 Å². The quantitative estimate of drug-likeness (QED) is 0.774. The third-order valence-corrected chi connectivity index (χ3v) is 1.97. The van der Waals surface area contributed by atoms with Gasteiger partial charge >= 0.3 is 12.1 Å². The molecule has 0 atom stereocenters. The molecule has 7 heteroatoms. The summed E-state index contributed by atoms with van der Waals surface area (Å²) in [6, 6.07) is 6.51. The fourth-order valence-electron chi connectivity index (χ4n) is 0.728. The molecule has 0 aliphatic heterocycles. The zero-order valence-electron chi connectivity index (χ0n) is 8.08. The minimum atomic E-state index is -5.01. The Kier molecular flexibility index (Phi) is 4.05. The Morgan fingerprint density at radius 2 is 1.81 bits per heavy atom. The van der Waals surface area contributed by atoms with Crippen molar-refractivity contribution in [3.05, 3.63) is 29.8 Å². The van der Waals surface area contributed by atoms with Crippen molar-refractivity contribution in [1.82, 2.24) is 0 Å². The third-order valence-electron chi connectivity index (χ3n) is 1.49. The molecule has 0 spiro atoms. The molecule has 0 aliphatic carbocycles. The minimum Gasteiger partial charge on any atom is -0.391 e. The van der Waals surface area contributed by atoms with Crippen LogP contribution in [0.3, 0.4) is 0 Å². The third kappa shape index (κ3) is 4.01. The summed E-state index contributed by atoms with van der Waals surface area (Å²) in [5.41, 5.74) is 0.977. The largest absolute Gasteiger partial charge is 0.492 e. The van der Waals surface area contributed by atoms with E-state index < -0.39 is 12.1 Å². The van der Waals surface area contributed by atoms with Crippen LogP contribution in [-0.2, 0) is 8.98 Å². The van der Waals surface area contributed by atoms with E-state index in [4.69, 9.17) is 4.18 Å². The summed E-state index contributed by atoms with van der Waals surface area (Å²) in [5, 5.41) is 0. The van der Waals surface area contributed by atoms with Crippen molar-refractivity contribution in [2.45, 2.75) is 13.1 Å². The molecule has 0 radical (unpaired) electrons. The van der Waals surface area contributed by atoms with Crippen LogP contribution in [0, 0.1) is 6.92 Å². The lowest BCUT2D eigenvalue weighted by molar-refractivity contribution is -0.188. The second kappa shape index (κ2) is 5.11. The topological polar surface area (TPSA) is 35.5 Å². The molecule has 0 saturated carbocycles. The highest BCUT2D eigenvalue weighted by atomic mass is 32.2. The number of alkyl halides is 3. The Bertz CT molecular complexity index is 361. The van der Waals surface area contributed by atoms with Crippen molar-refractivity contribution in [2.75, 3.05) is 0 Å². The molecule has 0 fully saturated rings. The maximum atomic E-state index is 11.7. The Labute approximate surface area is 94.0 Å². The number of hydrogen-bond acceptors (Lipinski definition) is 4. The molecule has 1 aromatic rings. The number of rotatable bonds is 3. The zero-order chi connectivity index (χ0) is 12.2. The van der Waals surface area contributed by atoms with Gasteiger partial charge in [-0.3, -0.25) is 0 Å². The zero-order valence-corrected chi connectivity index (χ0v) is 8.89. The van der Waals surface area contributed by atoms with E-state index in [-0.39, 0.29) is 12.3 Å². The van der Waals surface area contributed by atoms with Crippen molar-refractivity contribution in [2.24, 2.45) is 0 Å². The molecule has 0 aliphatic rings. The van der Waals surface area contributed by atoms with Gasteiger partial charge in [0.1, 0.15) is 5.75 Å². The van der Waals surface area contributed by atoms with E-state index in [1.54, 1.807) is 24.3 Å². The predicted octanol–water partition coefficient (Wildman–Crippen LogP) is 3.04. The van der Waals surface area contributed by atoms with Crippen molar-refractivity contribution in [3.8, 4) is 5.75 Å². The Balaban J connectivity index is 2.36. The van der Waals surface area contributed by atoms with Crippen molar-refractivity contribution < 1.29 is 26.3 Å². The molecule has 0 unspecified atom stereocenters. The van der Waals surface area contributed by atoms with Gasteiger partial charge < -0.3 is 8.37 Å². The minimum absolute atomic E-state index is 0.0224. The van der Waals surface area contributed by atoms with Gasteiger partial charge in [0.15, 0.2) is 0 Å². The lowest BCUT2D eigenvalue weighted by Crippen LogP contribution is -2.23. The highest BCUT2D eigenvalue weighted by Gasteiger charge is 2.41. The molecule has 3 nitrogen and oxygen atoms in total. The monoisotopic (exact) mass is 252 g/mol. The molecule has 0 aromatic heterocycles. The van der Waals surface area contributed by atoms with Crippen LogP contribution in [0.4, 0.5) is 13.2 Å². The molecule has 16 heavy (non-hydrogen) atoms. The van der Waals surface area contributed by atoms with Gasteiger partial charge in [-0.2, -0.15) is 13.2 Å². The highest BCUT2D eigenvalue weighted by Crippen LogP contribution is 2.22. The predicted molar refractivity (Wildman–Crippen MR) is 51.5 cm³/mol. The summed E-state index contributed by atoms with van der Waals surface area (Å²) in [4.78, 5) is 10.3. The molecule has 0 N–H and O–H groups in total. The van der Waals surface area contributed by atoms with Gasteiger partial charge in [-0.15, -0.1) is 0 Å². The standard InChI is InChI=1S/C9H7F3O3S/c1-6-2-4-7(5-3-6)14-16-15-8(13)9(10,11)12/h2-5H,1H3. The average molecular weight is 252 g/mol. The van der Waals surface area contributed by atoms with Crippen LogP contribution < -0.4 is 4.18 Å². The van der Waals surface area contributed by atoms with E-state index in [1.807, 2.05) is 6.92 Å². The molecule has 0 saturated heterocycles. The second-order valence-electron chi connectivity index (χ2n) is 2.83. The van der Waals surface area contributed by atoms with E-state index in [1.165, 1.54) is 0 Å². The smallest absolute Gasteiger partial charge is 0.391 e. The van der Waals surface area contributed by atoms with Gasteiger partial charge in [0.2, 0.25) is 0 Å². The first kappa shape index (κ1) is 12.7. The van der Waals surface area contributed by atoms with Crippen LogP contribution in [-0.4, -0.2) is 12.1 Å². The fraction of sp³-hybridized carbons (Fsp3) is 0.222. The normalized spacial score (nSPS) is 11.0. The summed E-state index contributed by atoms with van der Waals surface area (Å²) >= 11 is -0.0224. The van der Waals surface area contributed by atoms with E-state index in [0.717, 1.165) is 5.56 Å². The number of halogens is 3. The number of carbonyl (C=O) groups is 1. The fourth-order valence-corrected chi connectivity index (χ4v) is 1.11. The lowest BCUT2D eigenvalue weighted by Gasteiger charge is -2.05. The Morgan fingerprint density at radius 3 is 2.31 bits per heavy atom. The van der Waals surface area contributed by atoms with Crippen LogP contribution >= 0.6 is 12.3 Å². The van der Waals surface area contributed by atoms with Gasteiger partial charge in [0, 0.05) is 0 Å².